The van der Waals surface area contributed by atoms with E-state index in [0.29, 0.717) is 11.1 Å². The minimum absolute atomic E-state index is 0.625. The van der Waals surface area contributed by atoms with Gasteiger partial charge in [-0.1, -0.05) is 12.1 Å². The Labute approximate surface area is 106 Å². The lowest BCUT2D eigenvalue weighted by Gasteiger charge is -2.20. The molecule has 18 heavy (non-hydrogen) atoms. The first-order valence-electron chi connectivity index (χ1n) is 5.54. The van der Waals surface area contributed by atoms with Crippen LogP contribution in [0.25, 0.3) is 0 Å². The average molecular weight is 236 g/mol. The molecule has 0 aromatic heterocycles. The molecule has 88 valence electrons. The number of nitriles is 1. The quantitative estimate of drug-likeness (QED) is 0.769. The van der Waals surface area contributed by atoms with Crippen molar-refractivity contribution in [1.29, 1.82) is 5.26 Å². The maximum atomic E-state index is 10.6. The molecule has 0 bridgehead atoms. The lowest BCUT2D eigenvalue weighted by atomic mass is 10.1. The molecule has 0 aliphatic rings. The highest BCUT2D eigenvalue weighted by atomic mass is 16.1. The van der Waals surface area contributed by atoms with Crippen LogP contribution >= 0.6 is 0 Å². The summed E-state index contributed by atoms with van der Waals surface area (Å²) in [4.78, 5) is 12.5. The minimum Gasteiger partial charge on any atom is -0.344 e. The molecule has 3 nitrogen and oxygen atoms in total. The summed E-state index contributed by atoms with van der Waals surface area (Å²) in [5, 5.41) is 9.07. The van der Waals surface area contributed by atoms with E-state index in [1.165, 1.54) is 0 Å². The maximum Gasteiger partial charge on any atom is 0.150 e. The Hall–Kier alpha value is -2.60. The molecule has 0 radical (unpaired) electrons. The average Bonchev–Trinajstić information content (AvgIpc) is 2.46. The van der Waals surface area contributed by atoms with Gasteiger partial charge in [0.25, 0.3) is 0 Å². The lowest BCUT2D eigenvalue weighted by molar-refractivity contribution is 0.112. The van der Waals surface area contributed by atoms with Crippen LogP contribution in [0.1, 0.15) is 15.9 Å². The van der Waals surface area contributed by atoms with Crippen molar-refractivity contribution in [1.82, 2.24) is 0 Å². The molecular weight excluding hydrogens is 224 g/mol. The fourth-order valence-corrected chi connectivity index (χ4v) is 1.78. The van der Waals surface area contributed by atoms with Gasteiger partial charge in [0.1, 0.15) is 12.4 Å². The second-order valence-corrected chi connectivity index (χ2v) is 3.90. The largest absolute Gasteiger partial charge is 0.344 e. The van der Waals surface area contributed by atoms with E-state index in [-0.39, 0.29) is 0 Å². The lowest BCUT2D eigenvalue weighted by Crippen LogP contribution is -2.10. The fourth-order valence-electron chi connectivity index (χ4n) is 1.78. The van der Waals surface area contributed by atoms with E-state index < -0.39 is 0 Å². The third kappa shape index (κ3) is 2.23. The van der Waals surface area contributed by atoms with E-state index >= 15 is 0 Å². The summed E-state index contributed by atoms with van der Waals surface area (Å²) in [6.45, 7) is 0. The van der Waals surface area contributed by atoms with Crippen molar-refractivity contribution >= 4 is 17.7 Å². The van der Waals surface area contributed by atoms with Gasteiger partial charge in [0.2, 0.25) is 0 Å². The zero-order valence-electron chi connectivity index (χ0n) is 10.00. The van der Waals surface area contributed by atoms with Gasteiger partial charge >= 0.3 is 0 Å². The summed E-state index contributed by atoms with van der Waals surface area (Å²) < 4.78 is 0. The second kappa shape index (κ2) is 5.15. The number of carbonyl (C=O) groups excluding carboxylic acids is 1. The van der Waals surface area contributed by atoms with Crippen LogP contribution in [-0.2, 0) is 0 Å². The van der Waals surface area contributed by atoms with Crippen LogP contribution in [0, 0.1) is 11.3 Å². The van der Waals surface area contributed by atoms with Crippen LogP contribution in [0.4, 0.5) is 11.4 Å². The van der Waals surface area contributed by atoms with Crippen molar-refractivity contribution in [3.8, 4) is 6.07 Å². The smallest absolute Gasteiger partial charge is 0.150 e. The Morgan fingerprint density at radius 3 is 2.39 bits per heavy atom. The summed E-state index contributed by atoms with van der Waals surface area (Å²) in [5.41, 5.74) is 3.04. The van der Waals surface area contributed by atoms with Gasteiger partial charge < -0.3 is 4.90 Å². The van der Waals surface area contributed by atoms with Crippen LogP contribution < -0.4 is 4.90 Å². The Kier molecular flexibility index (Phi) is 3.40. The number of hydrogen-bond donors (Lipinski definition) is 0. The monoisotopic (exact) mass is 236 g/mol. The molecule has 0 aliphatic heterocycles. The third-order valence-electron chi connectivity index (χ3n) is 2.80. The Balaban J connectivity index is 2.38. The Morgan fingerprint density at radius 2 is 1.78 bits per heavy atom. The van der Waals surface area contributed by atoms with Crippen molar-refractivity contribution in [3.05, 3.63) is 59.7 Å². The van der Waals surface area contributed by atoms with Crippen molar-refractivity contribution in [2.24, 2.45) is 0 Å². The third-order valence-corrected chi connectivity index (χ3v) is 2.80. The number of aldehydes is 1. The van der Waals surface area contributed by atoms with Crippen molar-refractivity contribution in [3.63, 3.8) is 0 Å². The number of anilines is 2. The standard InChI is InChI=1S/C15H12N2O/c1-17(14-8-6-12(11-18)7-9-14)15-5-3-2-4-13(15)10-16/h2-9,11H,1H3. The predicted octanol–water partition coefficient (Wildman–Crippen LogP) is 3.14. The summed E-state index contributed by atoms with van der Waals surface area (Å²) in [7, 11) is 1.89. The normalized spacial score (nSPS) is 9.56. The number of carbonyl (C=O) groups is 1. The Bertz CT molecular complexity index is 597. The summed E-state index contributed by atoms with van der Waals surface area (Å²) in [5.74, 6) is 0. The van der Waals surface area contributed by atoms with Crippen molar-refractivity contribution in [2.75, 3.05) is 11.9 Å². The number of benzene rings is 2. The number of nitrogens with zero attached hydrogens (tertiary/aromatic N) is 2. The van der Waals surface area contributed by atoms with Gasteiger partial charge in [-0.3, -0.25) is 4.79 Å². The molecule has 3 heteroatoms. The van der Waals surface area contributed by atoms with Gasteiger partial charge in [0.05, 0.1) is 11.3 Å². The highest BCUT2D eigenvalue weighted by Crippen LogP contribution is 2.26. The van der Waals surface area contributed by atoms with E-state index in [9.17, 15) is 4.79 Å². The van der Waals surface area contributed by atoms with E-state index in [1.807, 2.05) is 42.3 Å². The highest BCUT2D eigenvalue weighted by molar-refractivity contribution is 5.77. The number of para-hydroxylation sites is 1. The molecular formula is C15H12N2O. The van der Waals surface area contributed by atoms with E-state index in [4.69, 9.17) is 5.26 Å². The predicted molar refractivity (Wildman–Crippen MR) is 71.0 cm³/mol. The molecule has 2 rings (SSSR count). The summed E-state index contributed by atoms with van der Waals surface area (Å²) >= 11 is 0. The van der Waals surface area contributed by atoms with Gasteiger partial charge in [-0.2, -0.15) is 5.26 Å². The molecule has 0 spiro atoms. The first-order chi connectivity index (χ1) is 8.76. The molecule has 0 amide bonds. The van der Waals surface area contributed by atoms with Crippen LogP contribution in [0.2, 0.25) is 0 Å². The van der Waals surface area contributed by atoms with Gasteiger partial charge in [0.15, 0.2) is 0 Å². The molecule has 0 aliphatic carbocycles. The molecule has 0 fully saturated rings. The fraction of sp³-hybridized carbons (Fsp3) is 0.0667. The van der Waals surface area contributed by atoms with Gasteiger partial charge in [0, 0.05) is 18.3 Å². The molecule has 0 atom stereocenters. The zero-order valence-corrected chi connectivity index (χ0v) is 10.00. The number of rotatable bonds is 3. The topological polar surface area (TPSA) is 44.1 Å². The molecule has 2 aromatic rings. The van der Waals surface area contributed by atoms with Gasteiger partial charge in [-0.25, -0.2) is 0 Å². The molecule has 0 heterocycles. The molecule has 0 saturated carbocycles. The Morgan fingerprint density at radius 1 is 1.11 bits per heavy atom. The number of hydrogen-bond acceptors (Lipinski definition) is 3. The molecule has 0 unspecified atom stereocenters. The van der Waals surface area contributed by atoms with Crippen LogP contribution in [-0.4, -0.2) is 13.3 Å². The first-order valence-corrected chi connectivity index (χ1v) is 5.54. The van der Waals surface area contributed by atoms with Crippen LogP contribution in [0.5, 0.6) is 0 Å². The minimum atomic E-state index is 0.625. The molecule has 0 N–H and O–H groups in total. The highest BCUT2D eigenvalue weighted by Gasteiger charge is 2.08. The summed E-state index contributed by atoms with van der Waals surface area (Å²) in [6.07, 6.45) is 0.813. The van der Waals surface area contributed by atoms with E-state index in [1.54, 1.807) is 18.2 Å². The van der Waals surface area contributed by atoms with E-state index in [2.05, 4.69) is 6.07 Å². The van der Waals surface area contributed by atoms with Gasteiger partial charge in [-0.15, -0.1) is 0 Å². The van der Waals surface area contributed by atoms with Gasteiger partial charge in [-0.05, 0) is 36.4 Å². The first kappa shape index (κ1) is 11.9. The SMILES string of the molecule is CN(c1ccc(C=O)cc1)c1ccccc1C#N. The van der Waals surface area contributed by atoms with Crippen LogP contribution in [0.15, 0.2) is 48.5 Å². The second-order valence-electron chi connectivity index (χ2n) is 3.90. The zero-order chi connectivity index (χ0) is 13.0. The molecule has 2 aromatic carbocycles. The van der Waals surface area contributed by atoms with Crippen molar-refractivity contribution < 1.29 is 4.79 Å². The van der Waals surface area contributed by atoms with E-state index in [0.717, 1.165) is 17.7 Å². The van der Waals surface area contributed by atoms with Crippen molar-refractivity contribution in [2.45, 2.75) is 0 Å². The maximum absolute atomic E-state index is 10.6. The van der Waals surface area contributed by atoms with Crippen LogP contribution in [0.3, 0.4) is 0 Å². The summed E-state index contributed by atoms with van der Waals surface area (Å²) in [6, 6.07) is 16.8. The molecule has 0 saturated heterocycles.